The molecule has 1 aromatic rings. The minimum Gasteiger partial charge on any atom is -1.00 e. The Balaban J connectivity index is 0.00000112. The highest BCUT2D eigenvalue weighted by Crippen LogP contribution is 2.28. The van der Waals surface area contributed by atoms with E-state index in [9.17, 15) is 4.79 Å². The molecule has 1 fully saturated rings. The Morgan fingerprint density at radius 2 is 1.87 bits per heavy atom. The van der Waals surface area contributed by atoms with Crippen LogP contribution >= 0.6 is 0 Å². The lowest BCUT2D eigenvalue weighted by Crippen LogP contribution is -3.00. The second-order valence-electron chi connectivity index (χ2n) is 3.97. The van der Waals surface area contributed by atoms with Crippen molar-refractivity contribution >= 4 is 11.6 Å². The van der Waals surface area contributed by atoms with Crippen molar-refractivity contribution in [2.75, 3.05) is 19.0 Å². The van der Waals surface area contributed by atoms with Crippen molar-refractivity contribution in [2.24, 2.45) is 5.92 Å². The topological polar surface area (TPSA) is 24.2 Å². The molecule has 0 aliphatic heterocycles. The van der Waals surface area contributed by atoms with Gasteiger partial charge in [0.15, 0.2) is 12.4 Å². The van der Waals surface area contributed by atoms with Gasteiger partial charge in [-0.25, -0.2) is 4.79 Å². The summed E-state index contributed by atoms with van der Waals surface area (Å²) in [7, 11) is 3.98. The van der Waals surface area contributed by atoms with Crippen LogP contribution in [0.1, 0.15) is 17.6 Å². The van der Waals surface area contributed by atoms with E-state index in [-0.39, 0.29) is 24.2 Å². The van der Waals surface area contributed by atoms with E-state index >= 15 is 0 Å². The highest BCUT2D eigenvalue weighted by molar-refractivity contribution is 5.72. The predicted molar refractivity (Wildman–Crippen MR) is 54.3 cm³/mol. The van der Waals surface area contributed by atoms with Gasteiger partial charge in [0, 0.05) is 31.9 Å². The standard InChI is InChI=1S/C11H15N2O.ClH/c1-12(2)10-5-7-13(8-6-10)11(14)9-3-4-9;/h5-9H,3-4H2,1-2H3;1H/q+1;/p-1. The van der Waals surface area contributed by atoms with Crippen LogP contribution in [-0.2, 0) is 0 Å². The molecular formula is C11H15ClN2O. The molecule has 0 unspecified atom stereocenters. The maximum atomic E-state index is 11.6. The van der Waals surface area contributed by atoms with Gasteiger partial charge in [-0.2, -0.15) is 0 Å². The number of pyridine rings is 1. The fourth-order valence-corrected chi connectivity index (χ4v) is 1.40. The van der Waals surface area contributed by atoms with E-state index in [1.165, 1.54) is 0 Å². The van der Waals surface area contributed by atoms with Crippen LogP contribution in [0, 0.1) is 5.92 Å². The summed E-state index contributed by atoms with van der Waals surface area (Å²) in [6.07, 6.45) is 5.80. The third-order valence-electron chi connectivity index (χ3n) is 2.51. The van der Waals surface area contributed by atoms with E-state index in [1.807, 2.05) is 43.5 Å². The van der Waals surface area contributed by atoms with Gasteiger partial charge in [-0.15, -0.1) is 4.57 Å². The average Bonchev–Trinajstić information content (AvgIpc) is 3.00. The van der Waals surface area contributed by atoms with Crippen molar-refractivity contribution in [1.82, 2.24) is 0 Å². The summed E-state index contributed by atoms with van der Waals surface area (Å²) in [5, 5.41) is 0. The number of rotatable bonds is 2. The number of hydrogen-bond donors (Lipinski definition) is 0. The number of anilines is 1. The predicted octanol–water partition coefficient (Wildman–Crippen LogP) is -1.91. The molecule has 3 nitrogen and oxygen atoms in total. The molecule has 15 heavy (non-hydrogen) atoms. The molecule has 1 aromatic heterocycles. The second kappa shape index (κ2) is 4.62. The van der Waals surface area contributed by atoms with Gasteiger partial charge in [0.25, 0.3) is 0 Å². The Morgan fingerprint density at radius 3 is 2.27 bits per heavy atom. The lowest BCUT2D eigenvalue weighted by atomic mass is 10.3. The summed E-state index contributed by atoms with van der Waals surface area (Å²) in [4.78, 5) is 13.7. The van der Waals surface area contributed by atoms with Crippen LogP contribution in [0.3, 0.4) is 0 Å². The minimum atomic E-state index is 0. The maximum Gasteiger partial charge on any atom is 0.395 e. The lowest BCUT2D eigenvalue weighted by molar-refractivity contribution is -0.575. The molecule has 0 bridgehead atoms. The summed E-state index contributed by atoms with van der Waals surface area (Å²) in [5.74, 6) is 0.514. The molecule has 0 radical (unpaired) electrons. The van der Waals surface area contributed by atoms with Crippen molar-refractivity contribution in [3.8, 4) is 0 Å². The highest BCUT2D eigenvalue weighted by Gasteiger charge is 2.36. The number of carbonyl (C=O) groups excluding carboxylic acids is 1. The zero-order valence-electron chi connectivity index (χ0n) is 8.98. The van der Waals surface area contributed by atoms with Gasteiger partial charge in [0.2, 0.25) is 0 Å². The van der Waals surface area contributed by atoms with E-state index in [1.54, 1.807) is 4.57 Å². The van der Waals surface area contributed by atoms with Crippen LogP contribution in [0.4, 0.5) is 5.69 Å². The Hall–Kier alpha value is -1.09. The average molecular weight is 227 g/mol. The van der Waals surface area contributed by atoms with E-state index in [0.29, 0.717) is 0 Å². The van der Waals surface area contributed by atoms with Gasteiger partial charge in [0.1, 0.15) is 0 Å². The molecule has 0 atom stereocenters. The fourth-order valence-electron chi connectivity index (χ4n) is 1.40. The first kappa shape index (κ1) is 12.0. The number of nitrogens with zero attached hydrogens (tertiary/aromatic N) is 2. The van der Waals surface area contributed by atoms with Crippen molar-refractivity contribution in [2.45, 2.75) is 12.8 Å². The Labute approximate surface area is 96.1 Å². The molecule has 0 aromatic carbocycles. The first-order chi connectivity index (χ1) is 6.68. The molecule has 1 heterocycles. The van der Waals surface area contributed by atoms with Crippen molar-refractivity contribution in [3.05, 3.63) is 24.5 Å². The minimum absolute atomic E-state index is 0. The van der Waals surface area contributed by atoms with Crippen molar-refractivity contribution in [1.29, 1.82) is 0 Å². The molecule has 82 valence electrons. The molecule has 1 aliphatic carbocycles. The van der Waals surface area contributed by atoms with Crippen LogP contribution in [0.15, 0.2) is 24.5 Å². The molecule has 0 saturated heterocycles. The fraction of sp³-hybridized carbons (Fsp3) is 0.455. The molecule has 4 heteroatoms. The van der Waals surface area contributed by atoms with Gasteiger partial charge in [0.05, 0.1) is 5.92 Å². The van der Waals surface area contributed by atoms with Crippen molar-refractivity contribution in [3.63, 3.8) is 0 Å². The first-order valence-electron chi connectivity index (χ1n) is 4.91. The summed E-state index contributed by atoms with van der Waals surface area (Å²) in [6, 6.07) is 3.92. The van der Waals surface area contributed by atoms with Gasteiger partial charge < -0.3 is 17.3 Å². The monoisotopic (exact) mass is 226 g/mol. The van der Waals surface area contributed by atoms with Crippen molar-refractivity contribution < 1.29 is 21.8 Å². The summed E-state index contributed by atoms with van der Waals surface area (Å²) in [6.45, 7) is 0. The Kier molecular flexibility index (Phi) is 3.69. The molecule has 1 aliphatic rings. The smallest absolute Gasteiger partial charge is 0.395 e. The number of hydrogen-bond acceptors (Lipinski definition) is 2. The SMILES string of the molecule is CN(C)c1cc[n+](C(=O)C2CC2)cc1.[Cl-]. The Morgan fingerprint density at radius 1 is 1.33 bits per heavy atom. The summed E-state index contributed by atoms with van der Waals surface area (Å²) >= 11 is 0. The van der Waals surface area contributed by atoms with Crippen LogP contribution in [0.5, 0.6) is 0 Å². The van der Waals surface area contributed by atoms with Gasteiger partial charge in [-0.05, 0) is 12.8 Å². The largest absolute Gasteiger partial charge is 1.00 e. The second-order valence-corrected chi connectivity index (χ2v) is 3.97. The number of aromatic nitrogens is 1. The van der Waals surface area contributed by atoms with E-state index < -0.39 is 0 Å². The molecule has 2 rings (SSSR count). The third kappa shape index (κ3) is 2.69. The van der Waals surface area contributed by atoms with E-state index in [2.05, 4.69) is 0 Å². The zero-order valence-corrected chi connectivity index (χ0v) is 9.74. The normalized spacial score (nSPS) is 14.3. The van der Waals surface area contributed by atoms with Crippen LogP contribution < -0.4 is 21.9 Å². The molecular weight excluding hydrogens is 212 g/mol. The lowest BCUT2D eigenvalue weighted by Gasteiger charge is -2.09. The third-order valence-corrected chi connectivity index (χ3v) is 2.51. The Bertz CT molecular complexity index is 344. The molecule has 1 saturated carbocycles. The van der Waals surface area contributed by atoms with Gasteiger partial charge in [-0.1, -0.05) is 0 Å². The van der Waals surface area contributed by atoms with Gasteiger partial charge in [-0.3, -0.25) is 0 Å². The first-order valence-corrected chi connectivity index (χ1v) is 4.91. The van der Waals surface area contributed by atoms with E-state index in [0.717, 1.165) is 18.5 Å². The van der Waals surface area contributed by atoms with Crippen LogP contribution in [0.2, 0.25) is 0 Å². The summed E-state index contributed by atoms with van der Waals surface area (Å²) in [5.41, 5.74) is 1.12. The van der Waals surface area contributed by atoms with Crippen LogP contribution in [-0.4, -0.2) is 20.0 Å². The summed E-state index contributed by atoms with van der Waals surface area (Å²) < 4.78 is 1.69. The number of halogens is 1. The van der Waals surface area contributed by atoms with Crippen LogP contribution in [0.25, 0.3) is 0 Å². The van der Waals surface area contributed by atoms with E-state index in [4.69, 9.17) is 0 Å². The molecule has 0 N–H and O–H groups in total. The zero-order chi connectivity index (χ0) is 10.1. The highest BCUT2D eigenvalue weighted by atomic mass is 35.5. The molecule has 0 spiro atoms. The maximum absolute atomic E-state index is 11.6. The van der Waals surface area contributed by atoms with Gasteiger partial charge >= 0.3 is 5.91 Å². The molecule has 0 amide bonds. The quantitative estimate of drug-likeness (QED) is 0.550. The number of carbonyl (C=O) groups is 1.